The minimum Gasteiger partial charge on any atom is -0.497 e. The molecular formula is C24H28O2. The van der Waals surface area contributed by atoms with Crippen molar-refractivity contribution in [3.05, 3.63) is 59.7 Å². The minimum atomic E-state index is 0.177. The van der Waals surface area contributed by atoms with Gasteiger partial charge in [-0.3, -0.25) is 4.79 Å². The molecule has 0 unspecified atom stereocenters. The van der Waals surface area contributed by atoms with Crippen molar-refractivity contribution in [2.75, 3.05) is 7.11 Å². The summed E-state index contributed by atoms with van der Waals surface area (Å²) in [5.41, 5.74) is 4.42. The summed E-state index contributed by atoms with van der Waals surface area (Å²) in [7, 11) is 1.68. The Bertz CT molecular complexity index is 782. The van der Waals surface area contributed by atoms with Crippen LogP contribution in [0.5, 0.6) is 5.75 Å². The second kappa shape index (κ2) is 7.90. The zero-order chi connectivity index (χ0) is 18.7. The predicted molar refractivity (Wildman–Crippen MR) is 108 cm³/mol. The zero-order valence-electron chi connectivity index (χ0n) is 16.2. The molecule has 2 aromatic rings. The number of hydrogen-bond acceptors (Lipinski definition) is 2. The van der Waals surface area contributed by atoms with Crippen molar-refractivity contribution in [3.8, 4) is 16.9 Å². The molecule has 2 nitrogen and oxygen atoms in total. The van der Waals surface area contributed by atoms with E-state index >= 15 is 0 Å². The molecule has 2 heteroatoms. The Kier molecular flexibility index (Phi) is 5.61. The van der Waals surface area contributed by atoms with E-state index in [0.717, 1.165) is 40.9 Å². The van der Waals surface area contributed by atoms with Gasteiger partial charge in [-0.2, -0.15) is 0 Å². The molecule has 0 N–H and O–H groups in total. The van der Waals surface area contributed by atoms with Gasteiger partial charge in [0.05, 0.1) is 7.11 Å². The summed E-state index contributed by atoms with van der Waals surface area (Å²) in [5.74, 6) is 2.14. The van der Waals surface area contributed by atoms with E-state index in [4.69, 9.17) is 4.74 Å². The van der Waals surface area contributed by atoms with Crippen LogP contribution in [0.2, 0.25) is 0 Å². The summed E-state index contributed by atoms with van der Waals surface area (Å²) in [6.45, 7) is 6.48. The van der Waals surface area contributed by atoms with Crippen LogP contribution in [0.4, 0.5) is 0 Å². The maximum absolute atomic E-state index is 12.9. The van der Waals surface area contributed by atoms with Crippen molar-refractivity contribution >= 4 is 11.9 Å². The van der Waals surface area contributed by atoms with Gasteiger partial charge in [0.2, 0.25) is 0 Å². The average molecular weight is 348 g/mol. The monoisotopic (exact) mass is 348 g/mol. The van der Waals surface area contributed by atoms with Gasteiger partial charge >= 0.3 is 0 Å². The van der Waals surface area contributed by atoms with Crippen LogP contribution in [0.3, 0.4) is 0 Å². The lowest BCUT2D eigenvalue weighted by Crippen LogP contribution is -2.30. The van der Waals surface area contributed by atoms with Crippen LogP contribution >= 0.6 is 0 Å². The number of rotatable bonds is 4. The van der Waals surface area contributed by atoms with E-state index < -0.39 is 0 Å². The van der Waals surface area contributed by atoms with E-state index in [0.29, 0.717) is 17.6 Å². The van der Waals surface area contributed by atoms with Crippen LogP contribution in [-0.4, -0.2) is 12.9 Å². The standard InChI is InChI=1S/C24H28O2/c1-16(2)22-14-5-17(3)23(24(22)25)15-18-6-8-19(9-7-18)20-10-12-21(26-4)13-11-20/h6-13,15-17,22H,5,14H2,1-4H3/b23-15+/t17-,22-/m1/s1. The Balaban J connectivity index is 1.83. The first-order chi connectivity index (χ1) is 12.5. The molecule has 0 spiro atoms. The van der Waals surface area contributed by atoms with E-state index in [9.17, 15) is 4.79 Å². The van der Waals surface area contributed by atoms with E-state index in [1.165, 1.54) is 0 Å². The van der Waals surface area contributed by atoms with Gasteiger partial charge in [-0.25, -0.2) is 0 Å². The highest BCUT2D eigenvalue weighted by atomic mass is 16.5. The number of Topliss-reactive ketones (excluding diaryl/α,β-unsaturated/α-hetero) is 1. The molecule has 2 atom stereocenters. The molecule has 1 fully saturated rings. The molecular weight excluding hydrogens is 320 g/mol. The SMILES string of the molecule is COc1ccc(-c2ccc(/C=C3/C(=O)[C@@H](C(C)C)CC[C@H]3C)cc2)cc1. The van der Waals surface area contributed by atoms with Gasteiger partial charge in [0.25, 0.3) is 0 Å². The lowest BCUT2D eigenvalue weighted by atomic mass is 9.73. The summed E-state index contributed by atoms with van der Waals surface area (Å²) in [5, 5.41) is 0. The normalized spacial score (nSPS) is 22.0. The molecule has 0 heterocycles. The largest absolute Gasteiger partial charge is 0.497 e. The van der Waals surface area contributed by atoms with E-state index in [1.807, 2.05) is 12.1 Å². The van der Waals surface area contributed by atoms with E-state index in [-0.39, 0.29) is 5.92 Å². The third-order valence-corrected chi connectivity index (χ3v) is 5.52. The Morgan fingerprint density at radius 2 is 1.54 bits per heavy atom. The molecule has 0 radical (unpaired) electrons. The van der Waals surface area contributed by atoms with Crippen LogP contribution < -0.4 is 4.74 Å². The molecule has 26 heavy (non-hydrogen) atoms. The first-order valence-electron chi connectivity index (χ1n) is 9.50. The van der Waals surface area contributed by atoms with Crippen LogP contribution in [0, 0.1) is 17.8 Å². The predicted octanol–water partition coefficient (Wildman–Crippen LogP) is 6.02. The number of ketones is 1. The number of hydrogen-bond donors (Lipinski definition) is 0. The number of benzene rings is 2. The van der Waals surface area contributed by atoms with Crippen molar-refractivity contribution in [2.45, 2.75) is 33.6 Å². The number of ether oxygens (including phenoxy) is 1. The molecule has 2 aromatic carbocycles. The topological polar surface area (TPSA) is 26.3 Å². The van der Waals surface area contributed by atoms with Gasteiger partial charge in [0.1, 0.15) is 5.75 Å². The van der Waals surface area contributed by atoms with Crippen molar-refractivity contribution in [1.82, 2.24) is 0 Å². The quantitative estimate of drug-likeness (QED) is 0.632. The van der Waals surface area contributed by atoms with Gasteiger partial charge in [-0.05, 0) is 65.1 Å². The van der Waals surface area contributed by atoms with Gasteiger partial charge in [0.15, 0.2) is 5.78 Å². The second-order valence-electron chi connectivity index (χ2n) is 7.64. The molecule has 1 saturated carbocycles. The third kappa shape index (κ3) is 3.90. The summed E-state index contributed by atoms with van der Waals surface area (Å²) in [6.07, 6.45) is 4.22. The third-order valence-electron chi connectivity index (χ3n) is 5.52. The summed E-state index contributed by atoms with van der Waals surface area (Å²) < 4.78 is 5.21. The van der Waals surface area contributed by atoms with Crippen molar-refractivity contribution in [3.63, 3.8) is 0 Å². The summed E-state index contributed by atoms with van der Waals surface area (Å²) in [4.78, 5) is 12.9. The summed E-state index contributed by atoms with van der Waals surface area (Å²) in [6, 6.07) is 16.5. The minimum absolute atomic E-state index is 0.177. The lowest BCUT2D eigenvalue weighted by molar-refractivity contribution is -0.122. The molecule has 0 amide bonds. The highest BCUT2D eigenvalue weighted by Gasteiger charge is 2.32. The number of carbonyl (C=O) groups excluding carboxylic acids is 1. The Morgan fingerprint density at radius 1 is 0.962 bits per heavy atom. The second-order valence-corrected chi connectivity index (χ2v) is 7.64. The maximum atomic E-state index is 12.9. The van der Waals surface area contributed by atoms with Gasteiger partial charge in [-0.1, -0.05) is 57.2 Å². The molecule has 0 saturated heterocycles. The van der Waals surface area contributed by atoms with Gasteiger partial charge in [0, 0.05) is 5.92 Å². The number of carbonyl (C=O) groups is 1. The fourth-order valence-corrected chi connectivity index (χ4v) is 3.76. The zero-order valence-corrected chi connectivity index (χ0v) is 16.2. The van der Waals surface area contributed by atoms with E-state index in [1.54, 1.807) is 7.11 Å². The van der Waals surface area contributed by atoms with Crippen molar-refractivity contribution in [2.24, 2.45) is 17.8 Å². The van der Waals surface area contributed by atoms with Gasteiger partial charge in [-0.15, -0.1) is 0 Å². The molecule has 3 rings (SSSR count). The van der Waals surface area contributed by atoms with Crippen LogP contribution in [0.25, 0.3) is 17.2 Å². The van der Waals surface area contributed by atoms with Crippen molar-refractivity contribution in [1.29, 1.82) is 0 Å². The molecule has 1 aliphatic rings. The van der Waals surface area contributed by atoms with Gasteiger partial charge < -0.3 is 4.74 Å². The number of methoxy groups -OCH3 is 1. The highest BCUT2D eigenvalue weighted by Crippen LogP contribution is 2.35. The van der Waals surface area contributed by atoms with Crippen LogP contribution in [0.15, 0.2) is 54.1 Å². The Labute approximate surface area is 156 Å². The lowest BCUT2D eigenvalue weighted by Gasteiger charge is -2.30. The molecule has 0 aliphatic heterocycles. The average Bonchev–Trinajstić information content (AvgIpc) is 2.65. The highest BCUT2D eigenvalue weighted by molar-refractivity contribution is 6.02. The van der Waals surface area contributed by atoms with Crippen molar-refractivity contribution < 1.29 is 9.53 Å². The fourth-order valence-electron chi connectivity index (χ4n) is 3.76. The van der Waals surface area contributed by atoms with Crippen LogP contribution in [-0.2, 0) is 4.79 Å². The maximum Gasteiger partial charge on any atom is 0.162 e. The Morgan fingerprint density at radius 3 is 2.08 bits per heavy atom. The number of allylic oxidation sites excluding steroid dienone is 1. The smallest absolute Gasteiger partial charge is 0.162 e. The fraction of sp³-hybridized carbons (Fsp3) is 0.375. The molecule has 0 aromatic heterocycles. The Hall–Kier alpha value is -2.35. The first-order valence-corrected chi connectivity index (χ1v) is 9.50. The first kappa shape index (κ1) is 18.4. The molecule has 0 bridgehead atoms. The molecule has 136 valence electrons. The van der Waals surface area contributed by atoms with E-state index in [2.05, 4.69) is 63.2 Å². The summed E-state index contributed by atoms with van der Waals surface area (Å²) >= 11 is 0. The molecule has 1 aliphatic carbocycles. The van der Waals surface area contributed by atoms with Crippen LogP contribution in [0.1, 0.15) is 39.2 Å².